The smallest absolute Gasteiger partial charge is 0.253 e. The van der Waals surface area contributed by atoms with E-state index >= 15 is 0 Å². The molecule has 5 aromatic rings. The first kappa shape index (κ1) is 24.6. The summed E-state index contributed by atoms with van der Waals surface area (Å²) in [6.45, 7) is 1.46. The van der Waals surface area contributed by atoms with Crippen molar-refractivity contribution in [3.8, 4) is 11.3 Å². The van der Waals surface area contributed by atoms with Gasteiger partial charge in [-0.1, -0.05) is 30.3 Å². The molecule has 1 aliphatic heterocycles. The predicted molar refractivity (Wildman–Crippen MR) is 147 cm³/mol. The summed E-state index contributed by atoms with van der Waals surface area (Å²) in [6, 6.07) is 21.9. The molecule has 1 aliphatic rings. The molecular weight excluding hydrogens is 495 g/mol. The summed E-state index contributed by atoms with van der Waals surface area (Å²) in [6.07, 6.45) is 6.48. The van der Waals surface area contributed by atoms with Crippen LogP contribution in [0.5, 0.6) is 0 Å². The van der Waals surface area contributed by atoms with Gasteiger partial charge in [0.05, 0.1) is 11.7 Å². The van der Waals surface area contributed by atoms with Crippen molar-refractivity contribution in [3.05, 3.63) is 109 Å². The van der Waals surface area contributed by atoms with E-state index in [0.717, 1.165) is 18.4 Å². The van der Waals surface area contributed by atoms with Crippen LogP contribution in [0.3, 0.4) is 0 Å². The Morgan fingerprint density at radius 3 is 2.56 bits per heavy atom. The van der Waals surface area contributed by atoms with E-state index in [1.165, 1.54) is 18.0 Å². The van der Waals surface area contributed by atoms with E-state index in [4.69, 9.17) is 4.42 Å². The van der Waals surface area contributed by atoms with Crippen LogP contribution in [-0.4, -0.2) is 39.4 Å². The van der Waals surface area contributed by atoms with Crippen LogP contribution in [0.15, 0.2) is 96.0 Å². The maximum atomic E-state index is 13.9. The number of piperidine rings is 1. The first-order chi connectivity index (χ1) is 19.0. The molecule has 0 unspecified atom stereocenters. The third kappa shape index (κ3) is 5.18. The second-order valence-electron chi connectivity index (χ2n) is 9.80. The molecule has 1 N–H and O–H groups in total. The fraction of sp³-hybridized carbons (Fsp3) is 0.194. The molecule has 0 bridgehead atoms. The molecule has 8 heteroatoms. The lowest BCUT2D eigenvalue weighted by Gasteiger charge is -2.32. The number of carbonyl (C=O) groups excluding carboxylic acids is 2. The molecule has 3 heterocycles. The fourth-order valence-electron chi connectivity index (χ4n) is 5.28. The summed E-state index contributed by atoms with van der Waals surface area (Å²) in [5.74, 6) is 0.529. The van der Waals surface area contributed by atoms with Gasteiger partial charge in [0.1, 0.15) is 12.4 Å². The molecule has 3 aromatic carbocycles. The third-order valence-corrected chi connectivity index (χ3v) is 7.35. The van der Waals surface area contributed by atoms with Crippen LogP contribution >= 0.6 is 0 Å². The number of nitrogens with one attached hydrogen (secondary N) is 1. The standard InChI is InChI=1S/C31H27FN4O3/c32-27-5-2-6-28-26(27)13-16-36(28)19-30(37)34-25-9-7-21(8-10-25)22-11-14-35(15-12-22)31(38)24-4-1-3-23(17-24)29-18-33-20-39-29/h1-10,13,16-18,20,22H,11-12,14-15,19H2,(H,34,37). The van der Waals surface area contributed by atoms with Gasteiger partial charge >= 0.3 is 0 Å². The number of fused-ring (bicyclic) bond motifs is 1. The zero-order chi connectivity index (χ0) is 26.8. The summed E-state index contributed by atoms with van der Waals surface area (Å²) >= 11 is 0. The highest BCUT2D eigenvalue weighted by atomic mass is 19.1. The molecule has 0 atom stereocenters. The lowest BCUT2D eigenvalue weighted by molar-refractivity contribution is -0.116. The maximum absolute atomic E-state index is 13.9. The van der Waals surface area contributed by atoms with Gasteiger partial charge in [0.25, 0.3) is 5.91 Å². The van der Waals surface area contributed by atoms with Gasteiger partial charge in [-0.15, -0.1) is 0 Å². The van der Waals surface area contributed by atoms with Gasteiger partial charge in [-0.25, -0.2) is 9.37 Å². The zero-order valence-corrected chi connectivity index (χ0v) is 21.2. The van der Waals surface area contributed by atoms with Crippen LogP contribution in [0.2, 0.25) is 0 Å². The molecule has 0 spiro atoms. The Labute approximate surface area is 224 Å². The van der Waals surface area contributed by atoms with Gasteiger partial charge in [0, 0.05) is 41.5 Å². The predicted octanol–water partition coefficient (Wildman–Crippen LogP) is 6.09. The summed E-state index contributed by atoms with van der Waals surface area (Å²) in [4.78, 5) is 31.6. The number of oxazole rings is 1. The van der Waals surface area contributed by atoms with Crippen molar-refractivity contribution in [1.29, 1.82) is 0 Å². The Bertz CT molecular complexity index is 1620. The Kier molecular flexibility index (Phi) is 6.67. The van der Waals surface area contributed by atoms with E-state index in [9.17, 15) is 14.0 Å². The van der Waals surface area contributed by atoms with Gasteiger partial charge < -0.3 is 19.2 Å². The summed E-state index contributed by atoms with van der Waals surface area (Å²) < 4.78 is 21.0. The number of carbonyl (C=O) groups is 2. The number of nitrogens with zero attached hydrogens (tertiary/aromatic N) is 3. The quantitative estimate of drug-likeness (QED) is 0.293. The molecule has 0 aliphatic carbocycles. The van der Waals surface area contributed by atoms with E-state index in [1.54, 1.807) is 35.2 Å². The van der Waals surface area contributed by atoms with Crippen molar-refractivity contribution in [2.45, 2.75) is 25.3 Å². The fourth-order valence-corrected chi connectivity index (χ4v) is 5.28. The lowest BCUT2D eigenvalue weighted by atomic mass is 9.89. The zero-order valence-electron chi connectivity index (χ0n) is 21.2. The van der Waals surface area contributed by atoms with E-state index in [0.29, 0.717) is 46.9 Å². The van der Waals surface area contributed by atoms with Crippen LogP contribution < -0.4 is 5.32 Å². The molecule has 1 saturated heterocycles. The van der Waals surface area contributed by atoms with E-state index in [-0.39, 0.29) is 24.2 Å². The van der Waals surface area contributed by atoms with E-state index < -0.39 is 0 Å². The molecule has 2 amide bonds. The Balaban J connectivity index is 1.04. The molecule has 39 heavy (non-hydrogen) atoms. The number of benzene rings is 3. The topological polar surface area (TPSA) is 80.4 Å². The average Bonchev–Trinajstić information content (AvgIpc) is 3.65. The van der Waals surface area contributed by atoms with Crippen LogP contribution in [0.1, 0.15) is 34.7 Å². The molecule has 6 rings (SSSR count). The highest BCUT2D eigenvalue weighted by Gasteiger charge is 2.25. The summed E-state index contributed by atoms with van der Waals surface area (Å²) in [7, 11) is 0. The first-order valence-electron chi connectivity index (χ1n) is 13.0. The molecule has 0 radical (unpaired) electrons. The molecule has 196 valence electrons. The molecule has 7 nitrogen and oxygen atoms in total. The highest BCUT2D eigenvalue weighted by Crippen LogP contribution is 2.30. The second-order valence-corrected chi connectivity index (χ2v) is 9.80. The Hall–Kier alpha value is -4.72. The van der Waals surface area contributed by atoms with E-state index in [1.807, 2.05) is 53.4 Å². The number of hydrogen-bond donors (Lipinski definition) is 1. The Morgan fingerprint density at radius 1 is 1.00 bits per heavy atom. The molecule has 1 fully saturated rings. The SMILES string of the molecule is O=C(Cn1ccc2c(F)cccc21)Nc1ccc(C2CCN(C(=O)c3cccc(-c4cnco4)c3)CC2)cc1. The normalized spacial score (nSPS) is 14.0. The monoisotopic (exact) mass is 522 g/mol. The maximum Gasteiger partial charge on any atom is 0.253 e. The number of amides is 2. The minimum atomic E-state index is -0.297. The lowest BCUT2D eigenvalue weighted by Crippen LogP contribution is -2.37. The first-order valence-corrected chi connectivity index (χ1v) is 13.0. The average molecular weight is 523 g/mol. The summed E-state index contributed by atoms with van der Waals surface area (Å²) in [5, 5.41) is 3.43. The number of hydrogen-bond acceptors (Lipinski definition) is 4. The molecule has 2 aromatic heterocycles. The summed E-state index contributed by atoms with van der Waals surface area (Å²) in [5.41, 5.74) is 4.06. The minimum absolute atomic E-state index is 0.0195. The Morgan fingerprint density at radius 2 is 1.79 bits per heavy atom. The molecule has 0 saturated carbocycles. The van der Waals surface area contributed by atoms with Crippen molar-refractivity contribution < 1.29 is 18.4 Å². The van der Waals surface area contributed by atoms with Crippen molar-refractivity contribution in [1.82, 2.24) is 14.5 Å². The number of aromatic nitrogens is 2. The number of halogens is 1. The van der Waals surface area contributed by atoms with Crippen molar-refractivity contribution in [3.63, 3.8) is 0 Å². The van der Waals surface area contributed by atoms with Gasteiger partial charge in [0.2, 0.25) is 5.91 Å². The highest BCUT2D eigenvalue weighted by molar-refractivity contribution is 5.95. The number of rotatable bonds is 6. The van der Waals surface area contributed by atoms with Gasteiger partial charge in [-0.05, 0) is 66.8 Å². The second kappa shape index (κ2) is 10.6. The number of likely N-dealkylation sites (tertiary alicyclic amines) is 1. The minimum Gasteiger partial charge on any atom is -0.444 e. The van der Waals surface area contributed by atoms with Crippen LogP contribution in [0, 0.1) is 5.82 Å². The third-order valence-electron chi connectivity index (χ3n) is 7.35. The number of anilines is 1. The van der Waals surface area contributed by atoms with Crippen molar-refractivity contribution in [2.75, 3.05) is 18.4 Å². The van der Waals surface area contributed by atoms with Crippen LogP contribution in [0.25, 0.3) is 22.2 Å². The largest absolute Gasteiger partial charge is 0.444 e. The van der Waals surface area contributed by atoms with Crippen molar-refractivity contribution >= 4 is 28.4 Å². The van der Waals surface area contributed by atoms with Crippen LogP contribution in [-0.2, 0) is 11.3 Å². The van der Waals surface area contributed by atoms with E-state index in [2.05, 4.69) is 10.3 Å². The van der Waals surface area contributed by atoms with Gasteiger partial charge in [-0.2, -0.15) is 0 Å². The van der Waals surface area contributed by atoms with Crippen molar-refractivity contribution in [2.24, 2.45) is 0 Å². The van der Waals surface area contributed by atoms with Gasteiger partial charge in [-0.3, -0.25) is 9.59 Å². The molecular formula is C31H27FN4O3. The van der Waals surface area contributed by atoms with Crippen LogP contribution in [0.4, 0.5) is 10.1 Å². The van der Waals surface area contributed by atoms with Gasteiger partial charge in [0.15, 0.2) is 12.2 Å².